The lowest BCUT2D eigenvalue weighted by Crippen LogP contribution is -2.46. The number of piperazine rings is 1. The minimum Gasteiger partial charge on any atom is -0.475 e. The molecule has 3 aromatic heterocycles. The summed E-state index contributed by atoms with van der Waals surface area (Å²) >= 11 is 0. The number of pyridine rings is 1. The molecule has 43 heavy (non-hydrogen) atoms. The zero-order valence-electron chi connectivity index (χ0n) is 21.9. The number of carboxylic acids is 2. The molecule has 0 radical (unpaired) electrons. The van der Waals surface area contributed by atoms with Gasteiger partial charge in [0.05, 0.1) is 11.9 Å². The normalized spacial score (nSPS) is 13.9. The molecule has 2 N–H and O–H groups in total. The first-order chi connectivity index (χ1) is 20.2. The van der Waals surface area contributed by atoms with E-state index < -0.39 is 24.3 Å². The predicted molar refractivity (Wildman–Crippen MR) is 137 cm³/mol. The molecular formula is C26H23F7N6O4. The second kappa shape index (κ2) is 13.9. The Morgan fingerprint density at radius 1 is 0.837 bits per heavy atom. The van der Waals surface area contributed by atoms with Gasteiger partial charge in [-0.1, -0.05) is 12.1 Å². The van der Waals surface area contributed by atoms with Crippen LogP contribution in [-0.2, 0) is 16.1 Å². The maximum absolute atomic E-state index is 13.4. The first kappa shape index (κ1) is 32.7. The molecule has 0 aliphatic carbocycles. The van der Waals surface area contributed by atoms with Crippen LogP contribution in [0.5, 0.6) is 0 Å². The zero-order chi connectivity index (χ0) is 31.8. The Morgan fingerprint density at radius 3 is 1.95 bits per heavy atom. The minimum absolute atomic E-state index is 0.179. The number of nitrogens with zero attached hydrogens (tertiary/aromatic N) is 6. The average Bonchev–Trinajstić information content (AvgIpc) is 3.38. The first-order valence-electron chi connectivity index (χ1n) is 12.2. The van der Waals surface area contributed by atoms with E-state index in [0.717, 1.165) is 61.0 Å². The third-order valence-electron chi connectivity index (χ3n) is 5.84. The molecule has 1 aliphatic rings. The number of hydrogen-bond donors (Lipinski definition) is 2. The second-order valence-electron chi connectivity index (χ2n) is 8.82. The maximum Gasteiger partial charge on any atom is 0.490 e. The first-order valence-corrected chi connectivity index (χ1v) is 12.2. The van der Waals surface area contributed by atoms with E-state index in [1.807, 2.05) is 36.8 Å². The summed E-state index contributed by atoms with van der Waals surface area (Å²) in [5, 5.41) is 14.2. The van der Waals surface area contributed by atoms with Crippen LogP contribution >= 0.6 is 0 Å². The van der Waals surface area contributed by atoms with Crippen molar-refractivity contribution in [2.45, 2.75) is 18.9 Å². The van der Waals surface area contributed by atoms with E-state index in [4.69, 9.17) is 19.8 Å². The molecule has 4 aromatic rings. The number of imidazole rings is 1. The molecule has 4 heterocycles. The van der Waals surface area contributed by atoms with Crippen molar-refractivity contribution in [3.8, 4) is 11.3 Å². The van der Waals surface area contributed by atoms with E-state index in [1.165, 1.54) is 6.07 Å². The summed E-state index contributed by atoms with van der Waals surface area (Å²) in [5.74, 6) is -4.79. The van der Waals surface area contributed by atoms with Crippen LogP contribution in [0.1, 0.15) is 5.56 Å². The van der Waals surface area contributed by atoms with Gasteiger partial charge in [-0.3, -0.25) is 14.3 Å². The van der Waals surface area contributed by atoms with Gasteiger partial charge in [0.25, 0.3) is 0 Å². The summed E-state index contributed by atoms with van der Waals surface area (Å²) in [6.45, 7) is 4.28. The Morgan fingerprint density at radius 2 is 1.42 bits per heavy atom. The van der Waals surface area contributed by atoms with Crippen LogP contribution in [-0.4, -0.2) is 84.9 Å². The molecule has 1 saturated heterocycles. The smallest absolute Gasteiger partial charge is 0.475 e. The molecule has 17 heteroatoms. The van der Waals surface area contributed by atoms with E-state index in [2.05, 4.69) is 29.2 Å². The summed E-state index contributed by atoms with van der Waals surface area (Å²) in [4.78, 5) is 35.8. The molecule has 1 aliphatic heterocycles. The molecular weight excluding hydrogens is 593 g/mol. The van der Waals surface area contributed by atoms with Crippen molar-refractivity contribution >= 4 is 23.4 Å². The Bertz CT molecular complexity index is 1500. The van der Waals surface area contributed by atoms with Crippen molar-refractivity contribution in [1.82, 2.24) is 24.3 Å². The summed E-state index contributed by atoms with van der Waals surface area (Å²) < 4.78 is 79.0. The van der Waals surface area contributed by atoms with Crippen molar-refractivity contribution in [3.05, 3.63) is 78.8 Å². The van der Waals surface area contributed by atoms with Crippen molar-refractivity contribution in [1.29, 1.82) is 0 Å². The van der Waals surface area contributed by atoms with Gasteiger partial charge in [0.15, 0.2) is 11.5 Å². The van der Waals surface area contributed by atoms with Gasteiger partial charge in [-0.15, -0.1) is 0 Å². The second-order valence-corrected chi connectivity index (χ2v) is 8.82. The fourth-order valence-corrected chi connectivity index (χ4v) is 3.88. The lowest BCUT2D eigenvalue weighted by Gasteiger charge is -2.35. The number of alkyl halides is 6. The van der Waals surface area contributed by atoms with E-state index in [0.29, 0.717) is 0 Å². The van der Waals surface area contributed by atoms with Gasteiger partial charge in [-0.25, -0.2) is 23.9 Å². The van der Waals surface area contributed by atoms with Gasteiger partial charge in [-0.05, 0) is 29.8 Å². The van der Waals surface area contributed by atoms with E-state index in [-0.39, 0.29) is 5.82 Å². The van der Waals surface area contributed by atoms with Gasteiger partial charge >= 0.3 is 24.3 Å². The minimum atomic E-state index is -5.08. The molecule has 5 rings (SSSR count). The third kappa shape index (κ3) is 9.35. The summed E-state index contributed by atoms with van der Waals surface area (Å²) in [5.41, 5.74) is 3.96. The SMILES string of the molecule is Fc1cccc(CN2CCN(c3nccn4c(-c5ccncc5)cnc34)CC2)c1.O=C(O)C(F)(F)F.O=C(O)C(F)(F)F. The molecule has 1 fully saturated rings. The Kier molecular flexibility index (Phi) is 10.6. The van der Waals surface area contributed by atoms with Crippen LogP contribution in [0.15, 0.2) is 67.4 Å². The molecule has 0 unspecified atom stereocenters. The van der Waals surface area contributed by atoms with Crippen LogP contribution in [0, 0.1) is 5.82 Å². The number of anilines is 1. The highest BCUT2D eigenvalue weighted by atomic mass is 19.4. The van der Waals surface area contributed by atoms with Crippen LogP contribution in [0.2, 0.25) is 0 Å². The highest BCUT2D eigenvalue weighted by molar-refractivity contribution is 5.73. The van der Waals surface area contributed by atoms with Gasteiger partial charge in [0.1, 0.15) is 5.82 Å². The number of benzene rings is 1. The Labute approximate surface area is 238 Å². The molecule has 230 valence electrons. The number of aromatic nitrogens is 4. The van der Waals surface area contributed by atoms with Gasteiger partial charge in [0.2, 0.25) is 0 Å². The molecule has 0 spiro atoms. The molecule has 1 aromatic carbocycles. The number of halogens is 7. The standard InChI is InChI=1S/C22H21FN6.2C2HF3O2/c23-19-3-1-2-17(14-19)16-27-10-12-28(13-11-27)21-22-26-15-20(29(22)9-8-25-21)18-4-6-24-7-5-18;2*3-2(4,5)1(6)7/h1-9,14-15H,10-13,16H2;2*(H,6,7). The number of carbonyl (C=O) groups is 2. The van der Waals surface area contributed by atoms with Crippen molar-refractivity contribution in [3.63, 3.8) is 0 Å². The highest BCUT2D eigenvalue weighted by Gasteiger charge is 2.38. The summed E-state index contributed by atoms with van der Waals surface area (Å²) in [7, 11) is 0. The quantitative estimate of drug-likeness (QED) is 0.319. The Hall–Kier alpha value is -4.80. The van der Waals surface area contributed by atoms with Crippen LogP contribution in [0.25, 0.3) is 16.9 Å². The Balaban J connectivity index is 0.000000303. The molecule has 0 bridgehead atoms. The molecule has 10 nitrogen and oxygen atoms in total. The fourth-order valence-electron chi connectivity index (χ4n) is 3.88. The average molecular weight is 616 g/mol. The third-order valence-corrected chi connectivity index (χ3v) is 5.84. The van der Waals surface area contributed by atoms with E-state index >= 15 is 0 Å². The monoisotopic (exact) mass is 616 g/mol. The van der Waals surface area contributed by atoms with Crippen molar-refractivity contribution < 1.29 is 50.5 Å². The summed E-state index contributed by atoms with van der Waals surface area (Å²) in [6, 6.07) is 10.8. The van der Waals surface area contributed by atoms with Crippen molar-refractivity contribution in [2.75, 3.05) is 31.1 Å². The zero-order valence-corrected chi connectivity index (χ0v) is 21.9. The number of carboxylic acid groups (broad SMARTS) is 2. The van der Waals surface area contributed by atoms with Crippen LogP contribution in [0.4, 0.5) is 36.6 Å². The fraction of sp³-hybridized carbons (Fsp3) is 0.269. The van der Waals surface area contributed by atoms with E-state index in [1.54, 1.807) is 24.5 Å². The van der Waals surface area contributed by atoms with Crippen molar-refractivity contribution in [2.24, 2.45) is 0 Å². The largest absolute Gasteiger partial charge is 0.490 e. The molecule has 0 saturated carbocycles. The van der Waals surface area contributed by atoms with Gasteiger partial charge < -0.3 is 15.1 Å². The lowest BCUT2D eigenvalue weighted by molar-refractivity contribution is -0.193. The van der Waals surface area contributed by atoms with Gasteiger partial charge in [0, 0.05) is 63.1 Å². The number of hydrogen-bond acceptors (Lipinski definition) is 7. The maximum atomic E-state index is 13.4. The number of aliphatic carboxylic acids is 2. The predicted octanol–water partition coefficient (Wildman–Crippen LogP) is 4.52. The lowest BCUT2D eigenvalue weighted by atomic mass is 10.2. The number of fused-ring (bicyclic) bond motifs is 1. The molecule has 0 amide bonds. The summed E-state index contributed by atoms with van der Waals surface area (Å²) in [6.07, 6.45) is -0.936. The van der Waals surface area contributed by atoms with Gasteiger partial charge in [-0.2, -0.15) is 26.3 Å². The highest BCUT2D eigenvalue weighted by Crippen LogP contribution is 2.25. The van der Waals surface area contributed by atoms with E-state index in [9.17, 15) is 30.7 Å². The van der Waals surface area contributed by atoms with Crippen LogP contribution in [0.3, 0.4) is 0 Å². The topological polar surface area (TPSA) is 124 Å². The van der Waals surface area contributed by atoms with Crippen LogP contribution < -0.4 is 4.90 Å². The number of rotatable bonds is 4. The molecule has 0 atom stereocenters.